The van der Waals surface area contributed by atoms with E-state index in [9.17, 15) is 4.39 Å². The molecule has 0 saturated carbocycles. The maximum atomic E-state index is 13.7. The molecule has 0 aliphatic heterocycles. The van der Waals surface area contributed by atoms with E-state index >= 15 is 0 Å². The Kier molecular flexibility index (Phi) is 8.51. The molecule has 0 aromatic rings. The first kappa shape index (κ1) is 17.4. The molecule has 0 aromatic heterocycles. The van der Waals surface area contributed by atoms with E-state index < -0.39 is 0 Å². The molecule has 0 heterocycles. The van der Waals surface area contributed by atoms with Gasteiger partial charge in [-0.1, -0.05) is 43.4 Å². The van der Waals surface area contributed by atoms with Crippen molar-refractivity contribution in [3.8, 4) is 0 Å². The van der Waals surface area contributed by atoms with Gasteiger partial charge in [-0.2, -0.15) is 0 Å². The molecule has 1 atom stereocenters. The molecule has 0 N–H and O–H groups in total. The molecule has 106 valence electrons. The van der Waals surface area contributed by atoms with Crippen LogP contribution in [0.25, 0.3) is 0 Å². The summed E-state index contributed by atoms with van der Waals surface area (Å²) in [5.41, 5.74) is 1.10. The number of nitrogens with zero attached hydrogens (tertiary/aromatic N) is 2. The van der Waals surface area contributed by atoms with Crippen LogP contribution in [0.2, 0.25) is 0 Å². The van der Waals surface area contributed by atoms with E-state index in [1.807, 2.05) is 33.0 Å². The van der Waals surface area contributed by atoms with E-state index in [1.54, 1.807) is 11.8 Å². The zero-order chi connectivity index (χ0) is 14.8. The van der Waals surface area contributed by atoms with Crippen LogP contribution in [0.1, 0.15) is 27.2 Å². The van der Waals surface area contributed by atoms with Crippen molar-refractivity contribution in [2.75, 3.05) is 13.6 Å². The zero-order valence-corrected chi connectivity index (χ0v) is 12.5. The van der Waals surface area contributed by atoms with Crippen molar-refractivity contribution in [3.05, 3.63) is 48.1 Å². The molecule has 0 aliphatic rings. The van der Waals surface area contributed by atoms with Gasteiger partial charge in [-0.25, -0.2) is 9.38 Å². The molecular formula is C16H25FN2. The van der Waals surface area contributed by atoms with Crippen molar-refractivity contribution in [3.63, 3.8) is 0 Å². The minimum atomic E-state index is -0.235. The first-order valence-corrected chi connectivity index (χ1v) is 6.50. The smallest absolute Gasteiger partial charge is 0.159 e. The fourth-order valence-corrected chi connectivity index (χ4v) is 1.80. The van der Waals surface area contributed by atoms with Gasteiger partial charge in [-0.05, 0) is 20.6 Å². The third-order valence-corrected chi connectivity index (χ3v) is 2.79. The van der Waals surface area contributed by atoms with E-state index in [-0.39, 0.29) is 11.7 Å². The number of hydrogen-bond acceptors (Lipinski definition) is 2. The summed E-state index contributed by atoms with van der Waals surface area (Å²) < 4.78 is 13.7. The highest BCUT2D eigenvalue weighted by Crippen LogP contribution is 2.17. The van der Waals surface area contributed by atoms with Gasteiger partial charge in [0.1, 0.15) is 5.83 Å². The van der Waals surface area contributed by atoms with Gasteiger partial charge in [0.25, 0.3) is 0 Å². The lowest BCUT2D eigenvalue weighted by Gasteiger charge is -2.23. The Morgan fingerprint density at radius 2 is 2.11 bits per heavy atom. The van der Waals surface area contributed by atoms with Crippen molar-refractivity contribution >= 4 is 6.72 Å². The van der Waals surface area contributed by atoms with Crippen molar-refractivity contribution < 1.29 is 4.39 Å². The van der Waals surface area contributed by atoms with Crippen LogP contribution >= 0.6 is 0 Å². The van der Waals surface area contributed by atoms with Crippen molar-refractivity contribution in [2.45, 2.75) is 27.2 Å². The predicted octanol–water partition coefficient (Wildman–Crippen LogP) is 4.49. The molecule has 1 unspecified atom stereocenters. The van der Waals surface area contributed by atoms with Crippen LogP contribution < -0.4 is 0 Å². The Balaban J connectivity index is 5.05. The van der Waals surface area contributed by atoms with Crippen molar-refractivity contribution in [2.24, 2.45) is 10.9 Å². The van der Waals surface area contributed by atoms with Crippen LogP contribution in [0.5, 0.6) is 0 Å². The zero-order valence-electron chi connectivity index (χ0n) is 12.5. The Morgan fingerprint density at radius 1 is 1.47 bits per heavy atom. The van der Waals surface area contributed by atoms with Crippen LogP contribution in [-0.4, -0.2) is 25.2 Å². The largest absolute Gasteiger partial charge is 0.357 e. The van der Waals surface area contributed by atoms with E-state index in [0.717, 1.165) is 5.57 Å². The standard InChI is InChI=1S/C16H25FN2/c1-7-10-14(11-13(4)8-2)12-19(6)16(18-5)15(17)9-3/h7-8,10-11,14H,2,5,9,12H2,1,3-4,6H3/b10-7-,13-11?,16-15-. The fourth-order valence-electron chi connectivity index (χ4n) is 1.80. The van der Waals surface area contributed by atoms with Gasteiger partial charge in [-0.3, -0.25) is 0 Å². The van der Waals surface area contributed by atoms with Crippen molar-refractivity contribution in [1.29, 1.82) is 0 Å². The predicted molar refractivity (Wildman–Crippen MR) is 82.9 cm³/mol. The lowest BCUT2D eigenvalue weighted by Crippen LogP contribution is -2.23. The molecular weight excluding hydrogens is 239 g/mol. The maximum absolute atomic E-state index is 13.7. The van der Waals surface area contributed by atoms with Gasteiger partial charge < -0.3 is 4.90 Å². The van der Waals surface area contributed by atoms with E-state index in [2.05, 4.69) is 30.4 Å². The normalized spacial score (nSPS) is 15.1. The average molecular weight is 264 g/mol. The van der Waals surface area contributed by atoms with Crippen LogP contribution in [-0.2, 0) is 0 Å². The second kappa shape index (κ2) is 9.31. The van der Waals surface area contributed by atoms with Gasteiger partial charge >= 0.3 is 0 Å². The summed E-state index contributed by atoms with van der Waals surface area (Å²) in [7, 11) is 1.83. The molecule has 0 bridgehead atoms. The molecule has 0 fully saturated rings. The summed E-state index contributed by atoms with van der Waals surface area (Å²) in [6, 6.07) is 0. The summed E-state index contributed by atoms with van der Waals surface area (Å²) in [6.45, 7) is 13.6. The first-order valence-electron chi connectivity index (χ1n) is 6.50. The van der Waals surface area contributed by atoms with Gasteiger partial charge in [0.15, 0.2) is 5.82 Å². The molecule has 0 aliphatic carbocycles. The molecule has 19 heavy (non-hydrogen) atoms. The minimum absolute atomic E-state index is 0.189. The second-order valence-corrected chi connectivity index (χ2v) is 4.43. The number of hydrogen-bond donors (Lipinski definition) is 0. The second-order valence-electron chi connectivity index (χ2n) is 4.43. The number of allylic oxidation sites excluding steroid dienone is 4. The van der Waals surface area contributed by atoms with Crippen LogP contribution in [0.4, 0.5) is 4.39 Å². The quantitative estimate of drug-likeness (QED) is 0.358. The topological polar surface area (TPSA) is 15.6 Å². The third kappa shape index (κ3) is 6.18. The van der Waals surface area contributed by atoms with E-state index in [1.165, 1.54) is 0 Å². The molecule has 0 aromatic carbocycles. The SMILES string of the molecule is C=CC(C)=CC(/C=C\C)CN(C)/C(N=C)=C(\F)CC. The van der Waals surface area contributed by atoms with E-state index in [0.29, 0.717) is 18.8 Å². The van der Waals surface area contributed by atoms with Gasteiger partial charge in [0.05, 0.1) is 0 Å². The lowest BCUT2D eigenvalue weighted by molar-refractivity contribution is 0.369. The van der Waals surface area contributed by atoms with Crippen LogP contribution in [0.3, 0.4) is 0 Å². The summed E-state index contributed by atoms with van der Waals surface area (Å²) in [6.07, 6.45) is 8.31. The fraction of sp³-hybridized carbons (Fsp3) is 0.438. The Morgan fingerprint density at radius 3 is 2.53 bits per heavy atom. The van der Waals surface area contributed by atoms with Crippen molar-refractivity contribution in [1.82, 2.24) is 4.90 Å². The molecule has 2 nitrogen and oxygen atoms in total. The summed E-state index contributed by atoms with van der Waals surface area (Å²) in [5, 5.41) is 0. The maximum Gasteiger partial charge on any atom is 0.159 e. The Labute approximate surface area is 116 Å². The number of rotatable bonds is 8. The van der Waals surface area contributed by atoms with E-state index in [4.69, 9.17) is 0 Å². The third-order valence-electron chi connectivity index (χ3n) is 2.79. The van der Waals surface area contributed by atoms with Crippen LogP contribution in [0, 0.1) is 5.92 Å². The monoisotopic (exact) mass is 264 g/mol. The molecule has 0 rings (SSSR count). The summed E-state index contributed by atoms with van der Waals surface area (Å²) >= 11 is 0. The number of halogens is 1. The molecule has 3 heteroatoms. The molecule has 0 amide bonds. The van der Waals surface area contributed by atoms with Crippen LogP contribution in [0.15, 0.2) is 53.1 Å². The molecule has 0 spiro atoms. The Hall–Kier alpha value is -1.64. The minimum Gasteiger partial charge on any atom is -0.357 e. The molecule has 0 saturated heterocycles. The highest BCUT2D eigenvalue weighted by Gasteiger charge is 2.12. The summed E-state index contributed by atoms with van der Waals surface area (Å²) in [4.78, 5) is 5.58. The lowest BCUT2D eigenvalue weighted by atomic mass is 10.0. The summed E-state index contributed by atoms with van der Waals surface area (Å²) in [5.74, 6) is 0.275. The van der Waals surface area contributed by atoms with Gasteiger partial charge in [0.2, 0.25) is 0 Å². The Bertz CT molecular complexity index is 392. The highest BCUT2D eigenvalue weighted by atomic mass is 19.1. The van der Waals surface area contributed by atoms with Gasteiger partial charge in [0, 0.05) is 25.9 Å². The first-order chi connectivity index (χ1) is 8.99. The highest BCUT2D eigenvalue weighted by molar-refractivity contribution is 5.29. The van der Waals surface area contributed by atoms with Gasteiger partial charge in [-0.15, -0.1) is 0 Å². The molecule has 0 radical (unpaired) electrons. The number of aliphatic imine (C=N–C) groups is 1. The average Bonchev–Trinajstić information content (AvgIpc) is 2.39.